The molecular formula is C11H14O. The highest BCUT2D eigenvalue weighted by atomic mass is 16.3. The van der Waals surface area contributed by atoms with Crippen LogP contribution >= 0.6 is 0 Å². The van der Waals surface area contributed by atoms with Gasteiger partial charge in [-0.15, -0.1) is 0 Å². The highest BCUT2D eigenvalue weighted by molar-refractivity contribution is 5.46. The molecule has 1 N–H and O–H groups in total. The fraction of sp³-hybridized carbons (Fsp3) is 0.455. The molecule has 0 saturated carbocycles. The van der Waals surface area contributed by atoms with Crippen LogP contribution in [0.2, 0.25) is 0 Å². The number of hydrogen-bond acceptors (Lipinski definition) is 1. The summed E-state index contributed by atoms with van der Waals surface area (Å²) in [5.74, 6) is 0.304. The molecule has 0 saturated heterocycles. The van der Waals surface area contributed by atoms with Crippen LogP contribution in [-0.4, -0.2) is 5.11 Å². The molecule has 0 spiro atoms. The van der Waals surface area contributed by atoms with Crippen molar-refractivity contribution in [2.75, 3.05) is 0 Å². The van der Waals surface area contributed by atoms with Crippen molar-refractivity contribution < 1.29 is 5.11 Å². The van der Waals surface area contributed by atoms with E-state index in [0.29, 0.717) is 5.92 Å². The van der Waals surface area contributed by atoms with E-state index in [1.807, 2.05) is 25.1 Å². The van der Waals surface area contributed by atoms with E-state index in [9.17, 15) is 5.11 Å². The van der Waals surface area contributed by atoms with Crippen molar-refractivity contribution in [1.82, 2.24) is 0 Å². The van der Waals surface area contributed by atoms with Gasteiger partial charge in [0, 0.05) is 5.92 Å². The summed E-state index contributed by atoms with van der Waals surface area (Å²) in [6.45, 7) is 4.12. The summed E-state index contributed by atoms with van der Waals surface area (Å²) in [6, 6.07) is 8.15. The van der Waals surface area contributed by atoms with Gasteiger partial charge in [-0.05, 0) is 17.5 Å². The molecule has 0 heterocycles. The van der Waals surface area contributed by atoms with Crippen LogP contribution < -0.4 is 0 Å². The molecule has 1 aromatic rings. The van der Waals surface area contributed by atoms with E-state index in [1.165, 1.54) is 5.56 Å². The molecule has 0 aromatic heterocycles. The lowest BCUT2D eigenvalue weighted by Crippen LogP contribution is -2.41. The number of rotatable bonds is 1. The van der Waals surface area contributed by atoms with Crippen LogP contribution in [0.3, 0.4) is 0 Å². The lowest BCUT2D eigenvalue weighted by Gasteiger charge is -2.45. The Bertz CT molecular complexity index is 306. The molecule has 1 aliphatic carbocycles. The third-order valence-electron chi connectivity index (χ3n) is 3.15. The Morgan fingerprint density at radius 2 is 2.08 bits per heavy atom. The highest BCUT2D eigenvalue weighted by Gasteiger charge is 2.45. The Hall–Kier alpha value is -0.820. The summed E-state index contributed by atoms with van der Waals surface area (Å²) >= 11 is 0. The molecule has 2 rings (SSSR count). The SMILES string of the molecule is CCC1(O)c2ccccc2C1C. The zero-order valence-corrected chi connectivity index (χ0v) is 7.54. The van der Waals surface area contributed by atoms with Crippen LogP contribution in [0.4, 0.5) is 0 Å². The first-order valence-corrected chi connectivity index (χ1v) is 4.52. The first-order valence-electron chi connectivity index (χ1n) is 4.52. The molecule has 0 radical (unpaired) electrons. The van der Waals surface area contributed by atoms with E-state index < -0.39 is 5.60 Å². The Kier molecular flexibility index (Phi) is 1.52. The average Bonchev–Trinajstić information content (AvgIpc) is 2.16. The molecule has 0 amide bonds. The van der Waals surface area contributed by atoms with Crippen LogP contribution in [0.25, 0.3) is 0 Å². The maximum Gasteiger partial charge on any atom is 0.0962 e. The van der Waals surface area contributed by atoms with Gasteiger partial charge in [0.15, 0.2) is 0 Å². The first kappa shape index (κ1) is 7.81. The van der Waals surface area contributed by atoms with Gasteiger partial charge in [-0.25, -0.2) is 0 Å². The molecule has 1 heteroatoms. The van der Waals surface area contributed by atoms with Crippen molar-refractivity contribution in [3.8, 4) is 0 Å². The second-order valence-corrected chi connectivity index (χ2v) is 3.59. The molecule has 1 aromatic carbocycles. The molecule has 2 unspecified atom stereocenters. The molecule has 64 valence electrons. The van der Waals surface area contributed by atoms with Crippen LogP contribution in [0.15, 0.2) is 24.3 Å². The predicted molar refractivity (Wildman–Crippen MR) is 49.0 cm³/mol. The van der Waals surface area contributed by atoms with Crippen molar-refractivity contribution in [3.63, 3.8) is 0 Å². The van der Waals surface area contributed by atoms with Gasteiger partial charge in [-0.1, -0.05) is 38.1 Å². The van der Waals surface area contributed by atoms with Gasteiger partial charge < -0.3 is 5.11 Å². The number of hydrogen-bond donors (Lipinski definition) is 1. The smallest absolute Gasteiger partial charge is 0.0962 e. The summed E-state index contributed by atoms with van der Waals surface area (Å²) in [5.41, 5.74) is 1.89. The maximum atomic E-state index is 10.1. The molecule has 0 fully saturated rings. The van der Waals surface area contributed by atoms with Crippen LogP contribution in [0.1, 0.15) is 37.3 Å². The van der Waals surface area contributed by atoms with Gasteiger partial charge in [0.25, 0.3) is 0 Å². The van der Waals surface area contributed by atoms with Crippen molar-refractivity contribution in [2.24, 2.45) is 0 Å². The summed E-state index contributed by atoms with van der Waals surface area (Å²) in [4.78, 5) is 0. The van der Waals surface area contributed by atoms with Gasteiger partial charge in [0.1, 0.15) is 0 Å². The summed E-state index contributed by atoms with van der Waals surface area (Å²) in [7, 11) is 0. The second-order valence-electron chi connectivity index (χ2n) is 3.59. The summed E-state index contributed by atoms with van der Waals surface area (Å²) in [5, 5.41) is 10.1. The van der Waals surface area contributed by atoms with Crippen LogP contribution in [0, 0.1) is 0 Å². The fourth-order valence-electron chi connectivity index (χ4n) is 2.18. The summed E-state index contributed by atoms with van der Waals surface area (Å²) < 4.78 is 0. The van der Waals surface area contributed by atoms with Crippen molar-refractivity contribution >= 4 is 0 Å². The lowest BCUT2D eigenvalue weighted by atomic mass is 9.64. The van der Waals surface area contributed by atoms with Gasteiger partial charge in [-0.3, -0.25) is 0 Å². The lowest BCUT2D eigenvalue weighted by molar-refractivity contribution is -0.0184. The number of fused-ring (bicyclic) bond motifs is 1. The zero-order chi connectivity index (χ0) is 8.77. The molecule has 0 bridgehead atoms. The van der Waals surface area contributed by atoms with Gasteiger partial charge >= 0.3 is 0 Å². The minimum atomic E-state index is -0.545. The zero-order valence-electron chi connectivity index (χ0n) is 7.54. The van der Waals surface area contributed by atoms with Crippen molar-refractivity contribution in [2.45, 2.75) is 31.8 Å². The van der Waals surface area contributed by atoms with E-state index in [4.69, 9.17) is 0 Å². The quantitative estimate of drug-likeness (QED) is 0.672. The summed E-state index contributed by atoms with van der Waals surface area (Å²) in [6.07, 6.45) is 0.811. The largest absolute Gasteiger partial charge is 0.385 e. The van der Waals surface area contributed by atoms with Crippen molar-refractivity contribution in [3.05, 3.63) is 35.4 Å². The molecular weight excluding hydrogens is 148 g/mol. The Morgan fingerprint density at radius 1 is 1.42 bits per heavy atom. The highest BCUT2D eigenvalue weighted by Crippen LogP contribution is 2.51. The number of aliphatic hydroxyl groups is 1. The van der Waals surface area contributed by atoms with E-state index in [2.05, 4.69) is 13.0 Å². The Morgan fingerprint density at radius 3 is 2.75 bits per heavy atom. The molecule has 12 heavy (non-hydrogen) atoms. The van der Waals surface area contributed by atoms with Gasteiger partial charge in [0.2, 0.25) is 0 Å². The van der Waals surface area contributed by atoms with E-state index in [1.54, 1.807) is 0 Å². The molecule has 0 aliphatic heterocycles. The minimum Gasteiger partial charge on any atom is -0.385 e. The average molecular weight is 162 g/mol. The van der Waals surface area contributed by atoms with E-state index in [0.717, 1.165) is 12.0 Å². The van der Waals surface area contributed by atoms with E-state index in [-0.39, 0.29) is 0 Å². The second kappa shape index (κ2) is 2.33. The maximum absolute atomic E-state index is 10.1. The third-order valence-corrected chi connectivity index (χ3v) is 3.15. The molecule has 1 aliphatic rings. The van der Waals surface area contributed by atoms with Gasteiger partial charge in [0.05, 0.1) is 5.60 Å². The Labute approximate surface area is 73.0 Å². The predicted octanol–water partition coefficient (Wildman–Crippen LogP) is 2.40. The Balaban J connectivity index is 2.50. The minimum absolute atomic E-state index is 0.304. The fourth-order valence-corrected chi connectivity index (χ4v) is 2.18. The third kappa shape index (κ3) is 0.721. The molecule has 2 atom stereocenters. The normalized spacial score (nSPS) is 32.4. The first-order chi connectivity index (χ1) is 5.70. The molecule has 1 nitrogen and oxygen atoms in total. The number of benzene rings is 1. The topological polar surface area (TPSA) is 20.2 Å². The standard InChI is InChI=1S/C11H14O/c1-3-11(12)8(2)9-6-4-5-7-10(9)11/h4-8,12H,3H2,1-2H3. The van der Waals surface area contributed by atoms with Crippen LogP contribution in [-0.2, 0) is 5.60 Å². The van der Waals surface area contributed by atoms with Crippen LogP contribution in [0.5, 0.6) is 0 Å². The monoisotopic (exact) mass is 162 g/mol. The van der Waals surface area contributed by atoms with E-state index >= 15 is 0 Å². The van der Waals surface area contributed by atoms with Crippen molar-refractivity contribution in [1.29, 1.82) is 0 Å². The van der Waals surface area contributed by atoms with Gasteiger partial charge in [-0.2, -0.15) is 0 Å².